The first-order valence-corrected chi connectivity index (χ1v) is 6.77. The van der Waals surface area contributed by atoms with E-state index in [2.05, 4.69) is 0 Å². The van der Waals surface area contributed by atoms with Gasteiger partial charge in [0.05, 0.1) is 16.1 Å². The lowest BCUT2D eigenvalue weighted by atomic mass is 10.3. The summed E-state index contributed by atoms with van der Waals surface area (Å²) in [7, 11) is 2.81. The number of carbonyl (C=O) groups excluding carboxylic acids is 1. The highest BCUT2D eigenvalue weighted by atomic mass is 28.2. The van der Waals surface area contributed by atoms with Gasteiger partial charge in [0.25, 0.3) is 0 Å². The molecule has 5 heteroatoms. The van der Waals surface area contributed by atoms with Crippen molar-refractivity contribution in [1.82, 2.24) is 0 Å². The minimum Gasteiger partial charge on any atom is -0.466 e. The van der Waals surface area contributed by atoms with Crippen LogP contribution in [0.15, 0.2) is 0 Å². The van der Waals surface area contributed by atoms with Crippen LogP contribution in [0.2, 0.25) is 6.04 Å². The second-order valence-corrected chi connectivity index (χ2v) is 4.96. The van der Waals surface area contributed by atoms with Crippen molar-refractivity contribution in [3.05, 3.63) is 0 Å². The Kier molecular flexibility index (Phi) is 8.92. The topological polar surface area (TPSA) is 44.8 Å². The standard InChI is InChI=1S/C9H20O4Si/c1-4-5-8(10)13-6-7-14-9(11-2)12-3/h9H,4-7,14H2,1-3H3. The number of esters is 1. The van der Waals surface area contributed by atoms with Crippen LogP contribution >= 0.6 is 0 Å². The van der Waals surface area contributed by atoms with Gasteiger partial charge in [0, 0.05) is 20.6 Å². The number of ether oxygens (including phenoxy) is 3. The Morgan fingerprint density at radius 3 is 2.50 bits per heavy atom. The molecule has 84 valence electrons. The minimum atomic E-state index is -0.453. The molecule has 0 saturated heterocycles. The van der Waals surface area contributed by atoms with Crippen LogP contribution in [-0.2, 0) is 19.0 Å². The molecule has 0 aliphatic carbocycles. The summed E-state index contributed by atoms with van der Waals surface area (Å²) < 4.78 is 15.1. The molecular formula is C9H20O4Si. The van der Waals surface area contributed by atoms with E-state index in [4.69, 9.17) is 14.2 Å². The predicted octanol–water partition coefficient (Wildman–Crippen LogP) is 0.493. The summed E-state index contributed by atoms with van der Waals surface area (Å²) in [5.41, 5.74) is 0. The number of hydrogen-bond donors (Lipinski definition) is 0. The minimum absolute atomic E-state index is 0.0557. The third-order valence-electron chi connectivity index (χ3n) is 1.83. The summed E-state index contributed by atoms with van der Waals surface area (Å²) in [5, 5.41) is 0. The maximum absolute atomic E-state index is 11.0. The molecule has 0 aromatic carbocycles. The molecule has 0 heterocycles. The molecule has 0 atom stereocenters. The molecule has 0 aliphatic heterocycles. The quantitative estimate of drug-likeness (QED) is 0.258. The fourth-order valence-electron chi connectivity index (χ4n) is 1.04. The zero-order chi connectivity index (χ0) is 10.8. The van der Waals surface area contributed by atoms with Crippen molar-refractivity contribution in [2.75, 3.05) is 20.8 Å². The van der Waals surface area contributed by atoms with Crippen molar-refractivity contribution in [1.29, 1.82) is 0 Å². The third-order valence-corrected chi connectivity index (χ3v) is 3.66. The average molecular weight is 220 g/mol. The van der Waals surface area contributed by atoms with E-state index < -0.39 is 9.52 Å². The molecule has 0 unspecified atom stereocenters. The first-order valence-electron chi connectivity index (χ1n) is 4.95. The summed E-state index contributed by atoms with van der Waals surface area (Å²) in [5.74, 6) is -0.159. The maximum Gasteiger partial charge on any atom is 0.305 e. The van der Waals surface area contributed by atoms with Crippen LogP contribution in [0.4, 0.5) is 0 Å². The molecule has 0 radical (unpaired) electrons. The zero-order valence-electron chi connectivity index (χ0n) is 9.25. The van der Waals surface area contributed by atoms with E-state index >= 15 is 0 Å². The van der Waals surface area contributed by atoms with Crippen molar-refractivity contribution in [3.63, 3.8) is 0 Å². The number of hydrogen-bond acceptors (Lipinski definition) is 4. The molecule has 4 nitrogen and oxygen atoms in total. The molecule has 14 heavy (non-hydrogen) atoms. The van der Waals surface area contributed by atoms with Crippen molar-refractivity contribution >= 4 is 15.5 Å². The summed E-state index contributed by atoms with van der Waals surface area (Å²) in [6, 6.07) is 0.905. The molecule has 0 aromatic rings. The molecule has 0 spiro atoms. The maximum atomic E-state index is 11.0. The second kappa shape index (κ2) is 9.17. The zero-order valence-corrected chi connectivity index (χ0v) is 10.7. The van der Waals surface area contributed by atoms with Crippen LogP contribution in [0.5, 0.6) is 0 Å². The smallest absolute Gasteiger partial charge is 0.305 e. The Hall–Kier alpha value is -0.393. The van der Waals surface area contributed by atoms with Gasteiger partial charge in [-0.25, -0.2) is 0 Å². The highest BCUT2D eigenvalue weighted by Crippen LogP contribution is 1.95. The van der Waals surface area contributed by atoms with Crippen molar-refractivity contribution in [2.24, 2.45) is 0 Å². The molecule has 0 bridgehead atoms. The second-order valence-electron chi connectivity index (χ2n) is 3.01. The van der Waals surface area contributed by atoms with Gasteiger partial charge in [0.15, 0.2) is 0 Å². The molecule has 0 N–H and O–H groups in total. The Morgan fingerprint density at radius 2 is 2.00 bits per heavy atom. The molecule has 0 aliphatic rings. The number of rotatable bonds is 8. The summed E-state index contributed by atoms with van der Waals surface area (Å²) in [6.07, 6.45) is 1.36. The van der Waals surface area contributed by atoms with E-state index in [-0.39, 0.29) is 11.9 Å². The fraction of sp³-hybridized carbons (Fsp3) is 0.889. The Bertz CT molecular complexity index is 148. The lowest BCUT2D eigenvalue weighted by molar-refractivity contribution is -0.143. The van der Waals surface area contributed by atoms with Gasteiger partial charge in [-0.1, -0.05) is 6.92 Å². The highest BCUT2D eigenvalue weighted by molar-refractivity contribution is 6.36. The molecular weight excluding hydrogens is 200 g/mol. The Labute approximate surface area is 87.7 Å². The van der Waals surface area contributed by atoms with Crippen molar-refractivity contribution in [2.45, 2.75) is 31.7 Å². The normalized spacial score (nSPS) is 11.4. The van der Waals surface area contributed by atoms with Gasteiger partial charge in [-0.3, -0.25) is 4.79 Å². The van der Waals surface area contributed by atoms with E-state index in [0.29, 0.717) is 13.0 Å². The van der Waals surface area contributed by atoms with Crippen LogP contribution in [0.3, 0.4) is 0 Å². The molecule has 0 fully saturated rings. The first kappa shape index (κ1) is 13.6. The monoisotopic (exact) mass is 220 g/mol. The van der Waals surface area contributed by atoms with Crippen LogP contribution < -0.4 is 0 Å². The van der Waals surface area contributed by atoms with Gasteiger partial charge in [-0.2, -0.15) is 0 Å². The largest absolute Gasteiger partial charge is 0.466 e. The average Bonchev–Trinajstić information content (AvgIpc) is 2.19. The van der Waals surface area contributed by atoms with Gasteiger partial charge >= 0.3 is 5.97 Å². The van der Waals surface area contributed by atoms with Gasteiger partial charge in [0.2, 0.25) is 0 Å². The van der Waals surface area contributed by atoms with Crippen LogP contribution in [0, 0.1) is 0 Å². The Balaban J connectivity index is 3.32. The molecule has 0 aromatic heterocycles. The van der Waals surface area contributed by atoms with Crippen molar-refractivity contribution < 1.29 is 19.0 Å². The summed E-state index contributed by atoms with van der Waals surface area (Å²) in [6.45, 7) is 2.47. The number of methoxy groups -OCH3 is 2. The third kappa shape index (κ3) is 7.05. The predicted molar refractivity (Wildman–Crippen MR) is 57.0 cm³/mol. The van der Waals surface area contributed by atoms with Crippen LogP contribution in [-0.4, -0.2) is 42.2 Å². The molecule has 0 rings (SSSR count). The summed E-state index contributed by atoms with van der Waals surface area (Å²) >= 11 is 0. The molecule has 0 amide bonds. The van der Waals surface area contributed by atoms with Gasteiger partial charge in [-0.05, 0) is 12.5 Å². The molecule has 0 saturated carbocycles. The fourth-order valence-corrected chi connectivity index (χ4v) is 2.16. The lowest BCUT2D eigenvalue weighted by Crippen LogP contribution is -2.22. The van der Waals surface area contributed by atoms with E-state index in [9.17, 15) is 4.79 Å². The van der Waals surface area contributed by atoms with Crippen molar-refractivity contribution in [3.8, 4) is 0 Å². The number of carbonyl (C=O) groups is 1. The van der Waals surface area contributed by atoms with E-state index in [1.165, 1.54) is 0 Å². The van der Waals surface area contributed by atoms with E-state index in [1.54, 1.807) is 14.2 Å². The van der Waals surface area contributed by atoms with Crippen LogP contribution in [0.25, 0.3) is 0 Å². The summed E-state index contributed by atoms with van der Waals surface area (Å²) in [4.78, 5) is 11.0. The van der Waals surface area contributed by atoms with Crippen LogP contribution in [0.1, 0.15) is 19.8 Å². The van der Waals surface area contributed by atoms with Gasteiger partial charge < -0.3 is 14.2 Å². The first-order chi connectivity index (χ1) is 6.74. The van der Waals surface area contributed by atoms with Gasteiger partial charge in [-0.15, -0.1) is 0 Å². The Morgan fingerprint density at radius 1 is 1.36 bits per heavy atom. The van der Waals surface area contributed by atoms with E-state index in [0.717, 1.165) is 12.5 Å². The SMILES string of the molecule is CCCC(=O)OCC[SiH2]C(OC)OC. The highest BCUT2D eigenvalue weighted by Gasteiger charge is 2.06. The lowest BCUT2D eigenvalue weighted by Gasteiger charge is -2.12. The van der Waals surface area contributed by atoms with E-state index in [1.807, 2.05) is 6.92 Å². The van der Waals surface area contributed by atoms with Gasteiger partial charge in [0.1, 0.15) is 5.91 Å².